The molecule has 0 radical (unpaired) electrons. The molecule has 0 aliphatic heterocycles. The van der Waals surface area contributed by atoms with Crippen LogP contribution in [-0.4, -0.2) is 18.6 Å². The molecule has 0 saturated carbocycles. The van der Waals surface area contributed by atoms with Gasteiger partial charge >= 0.3 is 5.97 Å². The van der Waals surface area contributed by atoms with Crippen LogP contribution in [-0.2, 0) is 16.1 Å². The molecule has 1 aromatic rings. The van der Waals surface area contributed by atoms with Crippen molar-refractivity contribution in [3.8, 4) is 0 Å². The van der Waals surface area contributed by atoms with Crippen molar-refractivity contribution in [1.82, 2.24) is 5.32 Å². The number of hydrogen-bond acceptors (Lipinski definition) is 3. The molecule has 0 bridgehead atoms. The maximum atomic E-state index is 11.4. The lowest BCUT2D eigenvalue weighted by Crippen LogP contribution is -2.31. The van der Waals surface area contributed by atoms with Gasteiger partial charge in [0.2, 0.25) is 0 Å². The summed E-state index contributed by atoms with van der Waals surface area (Å²) in [6.07, 6.45) is 1.36. The van der Waals surface area contributed by atoms with Crippen molar-refractivity contribution in [2.75, 3.05) is 6.61 Å². The number of ether oxygens (including phenoxy) is 1. The second kappa shape index (κ2) is 7.85. The fourth-order valence-electron chi connectivity index (χ4n) is 1.64. The Kier molecular flexibility index (Phi) is 6.33. The molecular weight excluding hydrogens is 214 g/mol. The van der Waals surface area contributed by atoms with Gasteiger partial charge in [-0.3, -0.25) is 4.79 Å². The highest BCUT2D eigenvalue weighted by atomic mass is 16.5. The van der Waals surface area contributed by atoms with Crippen LogP contribution < -0.4 is 5.32 Å². The molecule has 1 N–H and O–H groups in total. The lowest BCUT2D eigenvalue weighted by atomic mass is 10.1. The van der Waals surface area contributed by atoms with Gasteiger partial charge < -0.3 is 10.1 Å². The zero-order valence-corrected chi connectivity index (χ0v) is 10.6. The fraction of sp³-hybridized carbons (Fsp3) is 0.500. The molecule has 0 aliphatic carbocycles. The van der Waals surface area contributed by atoms with Crippen molar-refractivity contribution in [2.24, 2.45) is 0 Å². The van der Waals surface area contributed by atoms with Crippen LogP contribution in [0.2, 0.25) is 0 Å². The van der Waals surface area contributed by atoms with Crippen molar-refractivity contribution in [2.45, 2.75) is 39.3 Å². The van der Waals surface area contributed by atoms with Crippen molar-refractivity contribution < 1.29 is 9.53 Å². The van der Waals surface area contributed by atoms with Crippen LogP contribution in [0.1, 0.15) is 32.3 Å². The van der Waals surface area contributed by atoms with E-state index in [9.17, 15) is 4.79 Å². The summed E-state index contributed by atoms with van der Waals surface area (Å²) in [5.41, 5.74) is 1.23. The Morgan fingerprint density at radius 1 is 1.29 bits per heavy atom. The van der Waals surface area contributed by atoms with Crippen LogP contribution in [0.4, 0.5) is 0 Å². The van der Waals surface area contributed by atoms with Gasteiger partial charge in [-0.15, -0.1) is 0 Å². The first kappa shape index (κ1) is 13.7. The summed E-state index contributed by atoms with van der Waals surface area (Å²) in [7, 11) is 0. The Balaban J connectivity index is 2.34. The van der Waals surface area contributed by atoms with Crippen LogP contribution in [0.25, 0.3) is 0 Å². The van der Waals surface area contributed by atoms with Crippen LogP contribution in [0, 0.1) is 0 Å². The zero-order chi connectivity index (χ0) is 12.5. The average molecular weight is 235 g/mol. The monoisotopic (exact) mass is 235 g/mol. The van der Waals surface area contributed by atoms with E-state index < -0.39 is 0 Å². The van der Waals surface area contributed by atoms with Crippen LogP contribution in [0.15, 0.2) is 30.3 Å². The third-order valence-corrected chi connectivity index (χ3v) is 2.65. The Bertz CT molecular complexity index is 324. The van der Waals surface area contributed by atoms with E-state index in [4.69, 9.17) is 4.74 Å². The molecule has 0 heterocycles. The zero-order valence-electron chi connectivity index (χ0n) is 10.6. The van der Waals surface area contributed by atoms with Gasteiger partial charge in [0.1, 0.15) is 0 Å². The van der Waals surface area contributed by atoms with Gasteiger partial charge in [-0.2, -0.15) is 0 Å². The standard InChI is InChI=1S/C14H21NO2/c1-3-13(10-14(16)17-4-2)15-11-12-8-6-5-7-9-12/h5-9,13,15H,3-4,10-11H2,1-2H3/t13-/m1/s1. The highest BCUT2D eigenvalue weighted by Crippen LogP contribution is 2.03. The summed E-state index contributed by atoms with van der Waals surface area (Å²) < 4.78 is 4.95. The minimum Gasteiger partial charge on any atom is -0.466 e. The number of carbonyl (C=O) groups is 1. The molecule has 0 amide bonds. The highest BCUT2D eigenvalue weighted by molar-refractivity contribution is 5.70. The SMILES string of the molecule is CCOC(=O)C[C@@H](CC)NCc1ccccc1. The van der Waals surface area contributed by atoms with Gasteiger partial charge in [0.25, 0.3) is 0 Å². The smallest absolute Gasteiger partial charge is 0.307 e. The predicted molar refractivity (Wildman–Crippen MR) is 68.6 cm³/mol. The van der Waals surface area contributed by atoms with Crippen molar-refractivity contribution >= 4 is 5.97 Å². The van der Waals surface area contributed by atoms with E-state index in [-0.39, 0.29) is 12.0 Å². The molecule has 0 aromatic heterocycles. The summed E-state index contributed by atoms with van der Waals surface area (Å²) in [6, 6.07) is 10.4. The Morgan fingerprint density at radius 2 is 2.00 bits per heavy atom. The largest absolute Gasteiger partial charge is 0.466 e. The van der Waals surface area contributed by atoms with E-state index in [0.29, 0.717) is 13.0 Å². The maximum Gasteiger partial charge on any atom is 0.307 e. The Morgan fingerprint density at radius 3 is 2.59 bits per heavy atom. The van der Waals surface area contributed by atoms with Crippen LogP contribution in [0.5, 0.6) is 0 Å². The van der Waals surface area contributed by atoms with Crippen molar-refractivity contribution in [3.05, 3.63) is 35.9 Å². The third-order valence-electron chi connectivity index (χ3n) is 2.65. The van der Waals surface area contributed by atoms with E-state index in [1.165, 1.54) is 5.56 Å². The van der Waals surface area contributed by atoms with Crippen LogP contribution in [0.3, 0.4) is 0 Å². The van der Waals surface area contributed by atoms with Gasteiger partial charge in [0, 0.05) is 12.6 Å². The van der Waals surface area contributed by atoms with E-state index >= 15 is 0 Å². The minimum absolute atomic E-state index is 0.125. The van der Waals surface area contributed by atoms with Gasteiger partial charge in [-0.25, -0.2) is 0 Å². The molecule has 3 nitrogen and oxygen atoms in total. The average Bonchev–Trinajstić information content (AvgIpc) is 2.36. The molecule has 0 spiro atoms. The van der Waals surface area contributed by atoms with Crippen molar-refractivity contribution in [3.63, 3.8) is 0 Å². The molecule has 0 unspecified atom stereocenters. The lowest BCUT2D eigenvalue weighted by Gasteiger charge is -2.16. The van der Waals surface area contributed by atoms with Crippen molar-refractivity contribution in [1.29, 1.82) is 0 Å². The molecule has 17 heavy (non-hydrogen) atoms. The number of carbonyl (C=O) groups excluding carboxylic acids is 1. The topological polar surface area (TPSA) is 38.3 Å². The van der Waals surface area contributed by atoms with Crippen LogP contribution >= 0.6 is 0 Å². The van der Waals surface area contributed by atoms with Gasteiger partial charge in [0.05, 0.1) is 13.0 Å². The first-order valence-electron chi connectivity index (χ1n) is 6.19. The molecule has 0 aliphatic rings. The first-order valence-corrected chi connectivity index (χ1v) is 6.19. The molecular formula is C14H21NO2. The fourth-order valence-corrected chi connectivity index (χ4v) is 1.64. The second-order valence-electron chi connectivity index (χ2n) is 3.98. The Hall–Kier alpha value is -1.35. The summed E-state index contributed by atoms with van der Waals surface area (Å²) in [5.74, 6) is -0.125. The summed E-state index contributed by atoms with van der Waals surface area (Å²) in [6.45, 7) is 5.14. The normalized spacial score (nSPS) is 12.1. The number of benzene rings is 1. The summed E-state index contributed by atoms with van der Waals surface area (Å²) in [5, 5.41) is 3.37. The van der Waals surface area contributed by atoms with E-state index in [2.05, 4.69) is 24.4 Å². The van der Waals surface area contributed by atoms with Gasteiger partial charge in [0.15, 0.2) is 0 Å². The third kappa shape index (κ3) is 5.50. The van der Waals surface area contributed by atoms with E-state index in [1.54, 1.807) is 0 Å². The first-order chi connectivity index (χ1) is 8.26. The predicted octanol–water partition coefficient (Wildman–Crippen LogP) is 2.51. The molecule has 1 rings (SSSR count). The molecule has 1 aromatic carbocycles. The van der Waals surface area contributed by atoms with Gasteiger partial charge in [-0.1, -0.05) is 37.3 Å². The lowest BCUT2D eigenvalue weighted by molar-refractivity contribution is -0.143. The second-order valence-corrected chi connectivity index (χ2v) is 3.98. The molecule has 3 heteroatoms. The summed E-state index contributed by atoms with van der Waals surface area (Å²) >= 11 is 0. The number of rotatable bonds is 7. The van der Waals surface area contributed by atoms with E-state index in [1.807, 2.05) is 25.1 Å². The summed E-state index contributed by atoms with van der Waals surface area (Å²) in [4.78, 5) is 11.4. The Labute approximate surface area is 103 Å². The molecule has 1 atom stereocenters. The molecule has 0 saturated heterocycles. The number of esters is 1. The molecule has 94 valence electrons. The van der Waals surface area contributed by atoms with E-state index in [0.717, 1.165) is 13.0 Å². The molecule has 0 fully saturated rings. The highest BCUT2D eigenvalue weighted by Gasteiger charge is 2.11. The quantitative estimate of drug-likeness (QED) is 0.738. The van der Waals surface area contributed by atoms with Gasteiger partial charge in [-0.05, 0) is 18.9 Å². The minimum atomic E-state index is -0.125. The number of hydrogen-bond donors (Lipinski definition) is 1. The maximum absolute atomic E-state index is 11.4. The number of nitrogens with one attached hydrogen (secondary N) is 1.